The van der Waals surface area contributed by atoms with Crippen molar-refractivity contribution in [3.05, 3.63) is 24.3 Å². The van der Waals surface area contributed by atoms with Crippen LogP contribution >= 0.6 is 0 Å². The van der Waals surface area contributed by atoms with Crippen molar-refractivity contribution in [2.45, 2.75) is 51.4 Å². The van der Waals surface area contributed by atoms with Gasteiger partial charge in [-0.05, 0) is 74.0 Å². The fourth-order valence-corrected chi connectivity index (χ4v) is 5.84. The highest BCUT2D eigenvalue weighted by atomic mass is 16.2. The molecule has 4 bridgehead atoms. The van der Waals surface area contributed by atoms with Gasteiger partial charge in [0.1, 0.15) is 0 Å². The van der Waals surface area contributed by atoms with Gasteiger partial charge in [0.25, 0.3) is 0 Å². The Hall–Kier alpha value is -1.98. The molecular weight excluding hydrogens is 376 g/mol. The molecule has 4 aliphatic carbocycles. The number of hydrogen-bond acceptors (Lipinski definition) is 2. The Bertz CT molecular complexity index is 606. The van der Waals surface area contributed by atoms with Gasteiger partial charge in [-0.15, -0.1) is 0 Å². The number of unbranched alkanes of at least 4 members (excludes halogenated alkanes) is 3. The fraction of sp³-hybridized carbons (Fsp3) is 0.750. The molecule has 30 heavy (non-hydrogen) atoms. The van der Waals surface area contributed by atoms with Crippen LogP contribution in [-0.2, 0) is 0 Å². The first-order valence-electron chi connectivity index (χ1n) is 12.1. The molecule has 6 heteroatoms. The predicted molar refractivity (Wildman–Crippen MR) is 119 cm³/mol. The number of carbonyl (C=O) groups excluding carboxylic acids is 2. The van der Waals surface area contributed by atoms with Crippen molar-refractivity contribution in [2.24, 2.45) is 35.5 Å². The van der Waals surface area contributed by atoms with Gasteiger partial charge >= 0.3 is 12.1 Å². The minimum atomic E-state index is -0.0361. The third-order valence-electron chi connectivity index (χ3n) is 7.56. The van der Waals surface area contributed by atoms with Crippen LogP contribution in [0.2, 0.25) is 0 Å². The van der Waals surface area contributed by atoms with Crippen LogP contribution in [0.3, 0.4) is 0 Å². The van der Waals surface area contributed by atoms with Crippen LogP contribution in [0.25, 0.3) is 0 Å². The van der Waals surface area contributed by atoms with Gasteiger partial charge in [-0.25, -0.2) is 9.59 Å². The van der Waals surface area contributed by atoms with Gasteiger partial charge in [-0.1, -0.05) is 37.1 Å². The Morgan fingerprint density at radius 2 is 1.07 bits per heavy atom. The zero-order valence-corrected chi connectivity index (χ0v) is 18.1. The van der Waals surface area contributed by atoms with Gasteiger partial charge < -0.3 is 21.3 Å². The molecule has 0 unspecified atom stereocenters. The standard InChI is InChI=1S/C24H38N4O2/c29-23(27-15-21-13-17-5-7-19(21)11-17)25-9-3-1-2-4-10-26-24(30)28-16-22-14-18-6-8-20(22)12-18/h5-8,17-22H,1-4,9-16H2,(H2,25,27,29)(H2,26,28,30)/t17-,18-,19-,20-,21+,22+/m0/s1. The normalized spacial score (nSPS) is 32.5. The minimum Gasteiger partial charge on any atom is -0.338 e. The lowest BCUT2D eigenvalue weighted by Crippen LogP contribution is -2.39. The fourth-order valence-electron chi connectivity index (χ4n) is 5.84. The second-order valence-corrected chi connectivity index (χ2v) is 9.77. The van der Waals surface area contributed by atoms with Crippen LogP contribution in [-0.4, -0.2) is 38.2 Å². The van der Waals surface area contributed by atoms with E-state index in [4.69, 9.17) is 0 Å². The van der Waals surface area contributed by atoms with Gasteiger partial charge in [-0.3, -0.25) is 0 Å². The summed E-state index contributed by atoms with van der Waals surface area (Å²) in [7, 11) is 0. The molecule has 4 amide bonds. The lowest BCUT2D eigenvalue weighted by atomic mass is 9.94. The average molecular weight is 415 g/mol. The summed E-state index contributed by atoms with van der Waals surface area (Å²) in [5, 5.41) is 12.0. The van der Waals surface area contributed by atoms with E-state index in [2.05, 4.69) is 45.6 Å². The Morgan fingerprint density at radius 1 is 0.600 bits per heavy atom. The summed E-state index contributed by atoms with van der Waals surface area (Å²) < 4.78 is 0. The quantitative estimate of drug-likeness (QED) is 0.308. The van der Waals surface area contributed by atoms with Crippen molar-refractivity contribution < 1.29 is 9.59 Å². The van der Waals surface area contributed by atoms with Gasteiger partial charge in [0.15, 0.2) is 0 Å². The molecule has 0 spiro atoms. The number of urea groups is 2. The second kappa shape index (κ2) is 10.4. The van der Waals surface area contributed by atoms with E-state index in [0.717, 1.165) is 50.6 Å². The van der Waals surface area contributed by atoms with Gasteiger partial charge in [0.2, 0.25) is 0 Å². The van der Waals surface area contributed by atoms with E-state index in [1.807, 2.05) is 0 Å². The number of allylic oxidation sites excluding steroid dienone is 4. The Labute approximate surface area is 180 Å². The molecule has 0 aliphatic heterocycles. The zero-order chi connectivity index (χ0) is 20.8. The van der Waals surface area contributed by atoms with E-state index in [1.54, 1.807) is 0 Å². The third kappa shape index (κ3) is 5.79. The summed E-state index contributed by atoms with van der Waals surface area (Å²) in [6, 6.07) is -0.0721. The summed E-state index contributed by atoms with van der Waals surface area (Å²) in [6.45, 7) is 3.02. The topological polar surface area (TPSA) is 82.3 Å². The van der Waals surface area contributed by atoms with Crippen LogP contribution < -0.4 is 21.3 Å². The van der Waals surface area contributed by atoms with E-state index in [0.29, 0.717) is 36.8 Å². The number of hydrogen-bond donors (Lipinski definition) is 4. The summed E-state index contributed by atoms with van der Waals surface area (Å²) in [5.74, 6) is 4.12. The largest absolute Gasteiger partial charge is 0.338 e. The molecule has 6 atom stereocenters. The van der Waals surface area contributed by atoms with E-state index >= 15 is 0 Å². The Balaban J connectivity index is 0.927. The highest BCUT2D eigenvalue weighted by Crippen LogP contribution is 2.43. The van der Waals surface area contributed by atoms with Crippen molar-refractivity contribution in [1.82, 2.24) is 21.3 Å². The number of rotatable bonds is 11. The van der Waals surface area contributed by atoms with E-state index < -0.39 is 0 Å². The molecule has 2 fully saturated rings. The molecule has 166 valence electrons. The Kier molecular flexibility index (Phi) is 7.34. The molecule has 0 heterocycles. The minimum absolute atomic E-state index is 0.0361. The van der Waals surface area contributed by atoms with Crippen molar-refractivity contribution in [2.75, 3.05) is 26.2 Å². The molecule has 2 saturated carbocycles. The first-order chi connectivity index (χ1) is 14.7. The highest BCUT2D eigenvalue weighted by molar-refractivity contribution is 5.74. The molecule has 4 N–H and O–H groups in total. The lowest BCUT2D eigenvalue weighted by molar-refractivity contribution is 0.236. The van der Waals surface area contributed by atoms with Crippen molar-refractivity contribution >= 4 is 12.1 Å². The van der Waals surface area contributed by atoms with E-state index in [1.165, 1.54) is 25.7 Å². The number of carbonyl (C=O) groups is 2. The zero-order valence-electron chi connectivity index (χ0n) is 18.1. The molecule has 0 aromatic carbocycles. The third-order valence-corrected chi connectivity index (χ3v) is 7.56. The molecule has 0 saturated heterocycles. The van der Waals surface area contributed by atoms with Crippen LogP contribution in [0.4, 0.5) is 9.59 Å². The maximum atomic E-state index is 11.9. The molecule has 0 aromatic rings. The van der Waals surface area contributed by atoms with Crippen molar-refractivity contribution in [3.8, 4) is 0 Å². The molecule has 4 aliphatic rings. The van der Waals surface area contributed by atoms with Crippen molar-refractivity contribution in [1.29, 1.82) is 0 Å². The SMILES string of the molecule is O=C(NCCCCCCNC(=O)NC[C@H]1C[C@H]2C=C[C@H]1C2)NC[C@H]1C[C@H]2C=C[C@H]1C2. The number of nitrogens with one attached hydrogen (secondary N) is 4. The van der Waals surface area contributed by atoms with Crippen LogP contribution in [0.15, 0.2) is 24.3 Å². The number of amides is 4. The van der Waals surface area contributed by atoms with Crippen molar-refractivity contribution in [3.63, 3.8) is 0 Å². The monoisotopic (exact) mass is 414 g/mol. The first kappa shape index (κ1) is 21.3. The average Bonchev–Trinajstić information content (AvgIpc) is 3.54. The summed E-state index contributed by atoms with van der Waals surface area (Å²) in [6.07, 6.45) is 18.4. The molecule has 0 radical (unpaired) electrons. The first-order valence-corrected chi connectivity index (χ1v) is 12.1. The number of fused-ring (bicyclic) bond motifs is 4. The van der Waals surface area contributed by atoms with Gasteiger partial charge in [0, 0.05) is 26.2 Å². The van der Waals surface area contributed by atoms with Crippen LogP contribution in [0.5, 0.6) is 0 Å². The van der Waals surface area contributed by atoms with E-state index in [-0.39, 0.29) is 12.1 Å². The Morgan fingerprint density at radius 3 is 1.43 bits per heavy atom. The molecule has 0 aromatic heterocycles. The van der Waals surface area contributed by atoms with Gasteiger partial charge in [-0.2, -0.15) is 0 Å². The summed E-state index contributed by atoms with van der Waals surface area (Å²) in [5.41, 5.74) is 0. The summed E-state index contributed by atoms with van der Waals surface area (Å²) >= 11 is 0. The predicted octanol–water partition coefficient (Wildman–Crippen LogP) is 3.57. The highest BCUT2D eigenvalue weighted by Gasteiger charge is 2.36. The molecule has 6 nitrogen and oxygen atoms in total. The smallest absolute Gasteiger partial charge is 0.314 e. The molecular formula is C24H38N4O2. The second-order valence-electron chi connectivity index (χ2n) is 9.77. The summed E-state index contributed by atoms with van der Waals surface area (Å²) in [4.78, 5) is 23.8. The van der Waals surface area contributed by atoms with Crippen LogP contribution in [0, 0.1) is 35.5 Å². The maximum Gasteiger partial charge on any atom is 0.314 e. The lowest BCUT2D eigenvalue weighted by Gasteiger charge is -2.18. The van der Waals surface area contributed by atoms with Gasteiger partial charge in [0.05, 0.1) is 0 Å². The van der Waals surface area contributed by atoms with E-state index in [9.17, 15) is 9.59 Å². The van der Waals surface area contributed by atoms with Crippen LogP contribution in [0.1, 0.15) is 51.4 Å². The maximum absolute atomic E-state index is 11.9. The molecule has 4 rings (SSSR count).